The summed E-state index contributed by atoms with van der Waals surface area (Å²) >= 11 is 0. The maximum atomic E-state index is 13.9. The molecule has 3 aromatic rings. The molecule has 0 bridgehead atoms. The van der Waals surface area contributed by atoms with Crippen LogP contribution in [0.3, 0.4) is 0 Å². The van der Waals surface area contributed by atoms with E-state index in [1.807, 2.05) is 42.5 Å². The molecule has 0 aliphatic rings. The number of halogens is 1. The van der Waals surface area contributed by atoms with Gasteiger partial charge in [0.2, 0.25) is 0 Å². The average Bonchev–Trinajstić information content (AvgIpc) is 2.75. The molecule has 0 fully saturated rings. The molecule has 1 atom stereocenters. The van der Waals surface area contributed by atoms with Gasteiger partial charge in [0.1, 0.15) is 11.9 Å². The SMILES string of the molecule is COC(=O)[C@@H](Cc1ccccc1F)NC(=O)c1ccc(-c2ccccc2)cc1. The molecule has 1 N–H and O–H groups in total. The first-order valence-corrected chi connectivity index (χ1v) is 8.86. The van der Waals surface area contributed by atoms with Crippen LogP contribution in [0.2, 0.25) is 0 Å². The molecule has 1 amide bonds. The number of rotatable bonds is 6. The molecule has 3 rings (SSSR count). The van der Waals surface area contributed by atoms with Crippen LogP contribution in [0.1, 0.15) is 15.9 Å². The number of amides is 1. The van der Waals surface area contributed by atoms with Crippen LogP contribution < -0.4 is 5.32 Å². The lowest BCUT2D eigenvalue weighted by molar-refractivity contribution is -0.142. The quantitative estimate of drug-likeness (QED) is 0.661. The number of methoxy groups -OCH3 is 1. The van der Waals surface area contributed by atoms with E-state index in [0.717, 1.165) is 11.1 Å². The summed E-state index contributed by atoms with van der Waals surface area (Å²) in [6.07, 6.45) is 0.00713. The second-order valence-electron chi connectivity index (χ2n) is 6.29. The van der Waals surface area contributed by atoms with Crippen molar-refractivity contribution < 1.29 is 18.7 Å². The van der Waals surface area contributed by atoms with Crippen molar-refractivity contribution in [2.24, 2.45) is 0 Å². The standard InChI is InChI=1S/C23H20FNO3/c1-28-23(27)21(15-19-9-5-6-10-20(19)24)25-22(26)18-13-11-17(12-14-18)16-7-3-2-4-8-16/h2-14,21H,15H2,1H3,(H,25,26)/t21-/m1/s1. The molecular formula is C23H20FNO3. The largest absolute Gasteiger partial charge is 0.467 e. The number of carbonyl (C=O) groups excluding carboxylic acids is 2. The lowest BCUT2D eigenvalue weighted by Gasteiger charge is -2.17. The Hall–Kier alpha value is -3.47. The third kappa shape index (κ3) is 4.62. The Labute approximate surface area is 163 Å². The number of esters is 1. The van der Waals surface area contributed by atoms with Crippen LogP contribution in [0.4, 0.5) is 4.39 Å². The van der Waals surface area contributed by atoms with E-state index >= 15 is 0 Å². The Morgan fingerprint density at radius 1 is 0.893 bits per heavy atom. The lowest BCUT2D eigenvalue weighted by atomic mass is 10.0. The third-order valence-electron chi connectivity index (χ3n) is 4.43. The number of hydrogen-bond donors (Lipinski definition) is 1. The van der Waals surface area contributed by atoms with Crippen LogP contribution in [0, 0.1) is 5.82 Å². The van der Waals surface area contributed by atoms with E-state index in [0.29, 0.717) is 11.1 Å². The van der Waals surface area contributed by atoms with E-state index in [1.54, 1.807) is 30.3 Å². The van der Waals surface area contributed by atoms with Crippen LogP contribution in [-0.2, 0) is 16.0 Å². The molecule has 0 radical (unpaired) electrons. The molecule has 142 valence electrons. The second-order valence-corrected chi connectivity index (χ2v) is 6.29. The van der Waals surface area contributed by atoms with E-state index in [2.05, 4.69) is 5.32 Å². The summed E-state index contributed by atoms with van der Waals surface area (Å²) in [6, 6.07) is 22.0. The minimum Gasteiger partial charge on any atom is -0.467 e. The van der Waals surface area contributed by atoms with Gasteiger partial charge in [-0.1, -0.05) is 60.7 Å². The monoisotopic (exact) mass is 377 g/mol. The summed E-state index contributed by atoms with van der Waals surface area (Å²) in [5, 5.41) is 2.64. The highest BCUT2D eigenvalue weighted by molar-refractivity contribution is 5.97. The second kappa shape index (κ2) is 8.95. The Balaban J connectivity index is 1.74. The van der Waals surface area contributed by atoms with Gasteiger partial charge in [0, 0.05) is 12.0 Å². The van der Waals surface area contributed by atoms with Crippen LogP contribution >= 0.6 is 0 Å². The van der Waals surface area contributed by atoms with Gasteiger partial charge in [0.15, 0.2) is 0 Å². The Morgan fingerprint density at radius 2 is 1.50 bits per heavy atom. The first-order valence-electron chi connectivity index (χ1n) is 8.86. The van der Waals surface area contributed by atoms with Crippen molar-refractivity contribution >= 4 is 11.9 Å². The molecule has 5 heteroatoms. The van der Waals surface area contributed by atoms with E-state index in [-0.39, 0.29) is 6.42 Å². The van der Waals surface area contributed by atoms with Crippen LogP contribution in [-0.4, -0.2) is 25.0 Å². The van der Waals surface area contributed by atoms with Crippen molar-refractivity contribution in [3.05, 3.63) is 95.8 Å². The van der Waals surface area contributed by atoms with Gasteiger partial charge >= 0.3 is 5.97 Å². The molecule has 0 aliphatic heterocycles. The zero-order chi connectivity index (χ0) is 19.9. The summed E-state index contributed by atoms with van der Waals surface area (Å²) in [5.41, 5.74) is 2.76. The Kier molecular flexibility index (Phi) is 6.17. The molecule has 0 saturated carbocycles. The normalized spacial score (nSPS) is 11.5. The van der Waals surface area contributed by atoms with Crippen molar-refractivity contribution in [1.82, 2.24) is 5.32 Å². The third-order valence-corrected chi connectivity index (χ3v) is 4.43. The molecule has 0 aliphatic carbocycles. The Bertz CT molecular complexity index is 955. The van der Waals surface area contributed by atoms with Crippen molar-refractivity contribution in [2.75, 3.05) is 7.11 Å². The summed E-state index contributed by atoms with van der Waals surface area (Å²) in [5.74, 6) is -1.48. The van der Waals surface area contributed by atoms with E-state index in [1.165, 1.54) is 13.2 Å². The zero-order valence-corrected chi connectivity index (χ0v) is 15.4. The molecule has 0 heterocycles. The molecule has 0 aromatic heterocycles. The summed E-state index contributed by atoms with van der Waals surface area (Å²) in [4.78, 5) is 24.7. The molecule has 3 aromatic carbocycles. The first kappa shape index (κ1) is 19.3. The highest BCUT2D eigenvalue weighted by Crippen LogP contribution is 2.19. The summed E-state index contributed by atoms with van der Waals surface area (Å²) < 4.78 is 18.7. The molecule has 0 saturated heterocycles. The minimum atomic E-state index is -0.983. The van der Waals surface area contributed by atoms with Gasteiger partial charge in [-0.05, 0) is 34.9 Å². The van der Waals surface area contributed by atoms with Crippen molar-refractivity contribution in [3.63, 3.8) is 0 Å². The predicted octanol–water partition coefficient (Wildman–Crippen LogP) is 4.01. The fourth-order valence-electron chi connectivity index (χ4n) is 2.91. The van der Waals surface area contributed by atoms with Crippen LogP contribution in [0.15, 0.2) is 78.9 Å². The zero-order valence-electron chi connectivity index (χ0n) is 15.4. The van der Waals surface area contributed by atoms with E-state index in [9.17, 15) is 14.0 Å². The number of hydrogen-bond acceptors (Lipinski definition) is 3. The van der Waals surface area contributed by atoms with Gasteiger partial charge in [-0.3, -0.25) is 4.79 Å². The van der Waals surface area contributed by atoms with Crippen LogP contribution in [0.5, 0.6) is 0 Å². The van der Waals surface area contributed by atoms with E-state index in [4.69, 9.17) is 4.74 Å². The number of benzene rings is 3. The Morgan fingerprint density at radius 3 is 2.14 bits per heavy atom. The highest BCUT2D eigenvalue weighted by atomic mass is 19.1. The van der Waals surface area contributed by atoms with Crippen molar-refractivity contribution in [2.45, 2.75) is 12.5 Å². The molecule has 0 unspecified atom stereocenters. The smallest absolute Gasteiger partial charge is 0.328 e. The molecule has 0 spiro atoms. The minimum absolute atomic E-state index is 0.00713. The fraction of sp³-hybridized carbons (Fsp3) is 0.130. The van der Waals surface area contributed by atoms with Crippen LogP contribution in [0.25, 0.3) is 11.1 Å². The van der Waals surface area contributed by atoms with Crippen molar-refractivity contribution in [1.29, 1.82) is 0 Å². The predicted molar refractivity (Wildman–Crippen MR) is 105 cm³/mol. The van der Waals surface area contributed by atoms with E-state index < -0.39 is 23.7 Å². The summed E-state index contributed by atoms with van der Waals surface area (Å²) in [6.45, 7) is 0. The van der Waals surface area contributed by atoms with Gasteiger partial charge in [-0.15, -0.1) is 0 Å². The highest BCUT2D eigenvalue weighted by Gasteiger charge is 2.23. The van der Waals surface area contributed by atoms with Gasteiger partial charge in [0.25, 0.3) is 5.91 Å². The van der Waals surface area contributed by atoms with Crippen molar-refractivity contribution in [3.8, 4) is 11.1 Å². The van der Waals surface area contributed by atoms with Gasteiger partial charge in [-0.2, -0.15) is 0 Å². The van der Waals surface area contributed by atoms with Gasteiger partial charge < -0.3 is 10.1 Å². The lowest BCUT2D eigenvalue weighted by Crippen LogP contribution is -2.43. The fourth-order valence-corrected chi connectivity index (χ4v) is 2.91. The molecule has 28 heavy (non-hydrogen) atoms. The number of ether oxygens (including phenoxy) is 1. The van der Waals surface area contributed by atoms with Gasteiger partial charge in [-0.25, -0.2) is 9.18 Å². The maximum absolute atomic E-state index is 13.9. The average molecular weight is 377 g/mol. The summed E-state index contributed by atoms with van der Waals surface area (Å²) in [7, 11) is 1.23. The number of nitrogens with one attached hydrogen (secondary N) is 1. The molecule has 4 nitrogen and oxygen atoms in total. The first-order chi connectivity index (χ1) is 13.6. The molecular weight excluding hydrogens is 357 g/mol. The topological polar surface area (TPSA) is 55.4 Å². The maximum Gasteiger partial charge on any atom is 0.328 e. The number of carbonyl (C=O) groups is 2. The van der Waals surface area contributed by atoms with Gasteiger partial charge in [0.05, 0.1) is 7.11 Å².